The van der Waals surface area contributed by atoms with Crippen molar-refractivity contribution in [2.75, 3.05) is 0 Å². The summed E-state index contributed by atoms with van der Waals surface area (Å²) in [6.45, 7) is 3.94. The van der Waals surface area contributed by atoms with Crippen molar-refractivity contribution in [3.8, 4) is 0 Å². The highest BCUT2D eigenvalue weighted by molar-refractivity contribution is 7.10. The summed E-state index contributed by atoms with van der Waals surface area (Å²) in [7, 11) is 0. The van der Waals surface area contributed by atoms with Crippen LogP contribution in [0.2, 0.25) is 0 Å². The number of Topliss-reactive ketones (excluding diaryl/α,β-unsaturated/α-hetero) is 1. The number of nitrogens with zero attached hydrogens (tertiary/aromatic N) is 1. The Bertz CT molecular complexity index is 1260. The van der Waals surface area contributed by atoms with Gasteiger partial charge in [0.2, 0.25) is 5.91 Å². The highest BCUT2D eigenvalue weighted by atomic mass is 32.1. The summed E-state index contributed by atoms with van der Waals surface area (Å²) in [5.41, 5.74) is 3.42. The van der Waals surface area contributed by atoms with E-state index in [4.69, 9.17) is 0 Å². The van der Waals surface area contributed by atoms with E-state index in [1.165, 1.54) is 11.3 Å². The molecule has 6 heteroatoms. The molecule has 2 aromatic carbocycles. The maximum atomic E-state index is 14.3. The number of aryl methyl sites for hydroxylation is 2. The summed E-state index contributed by atoms with van der Waals surface area (Å²) in [5, 5.41) is 12.5. The number of hydrogen-bond donors (Lipinski definition) is 1. The number of carbonyl (C=O) groups excluding carboxylic acids is 2. The van der Waals surface area contributed by atoms with E-state index in [0.717, 1.165) is 47.3 Å². The third kappa shape index (κ3) is 4.39. The number of likely N-dealkylation sites (tertiary alicyclic amines) is 1. The van der Waals surface area contributed by atoms with E-state index >= 15 is 0 Å². The minimum Gasteiger partial charge on any atom is -0.480 e. The summed E-state index contributed by atoms with van der Waals surface area (Å²) in [5.74, 6) is -2.85. The zero-order valence-corrected chi connectivity index (χ0v) is 21.4. The fourth-order valence-corrected chi connectivity index (χ4v) is 7.00. The van der Waals surface area contributed by atoms with Crippen LogP contribution in [0.5, 0.6) is 0 Å². The van der Waals surface area contributed by atoms with Gasteiger partial charge in [-0.3, -0.25) is 9.59 Å². The molecule has 1 aromatic heterocycles. The molecular weight excluding hydrogens is 470 g/mol. The number of aliphatic carboxylic acids is 1. The molecule has 1 amide bonds. The molecule has 1 aliphatic heterocycles. The fourth-order valence-electron chi connectivity index (χ4n) is 6.09. The van der Waals surface area contributed by atoms with Gasteiger partial charge in [-0.2, -0.15) is 0 Å². The van der Waals surface area contributed by atoms with Crippen LogP contribution in [0.1, 0.15) is 69.6 Å². The van der Waals surface area contributed by atoms with E-state index in [1.54, 1.807) is 4.90 Å². The molecule has 0 bridgehead atoms. The predicted octanol–water partition coefficient (Wildman–Crippen LogP) is 6.17. The minimum absolute atomic E-state index is 0.118. The number of hydrogen-bond acceptors (Lipinski definition) is 4. The molecule has 4 unspecified atom stereocenters. The lowest BCUT2D eigenvalue weighted by Crippen LogP contribution is -2.46. The van der Waals surface area contributed by atoms with Gasteiger partial charge in [-0.15, -0.1) is 11.3 Å². The summed E-state index contributed by atoms with van der Waals surface area (Å²) < 4.78 is 0. The highest BCUT2D eigenvalue weighted by Gasteiger charge is 2.58. The van der Waals surface area contributed by atoms with Crippen LogP contribution in [0.25, 0.3) is 0 Å². The van der Waals surface area contributed by atoms with E-state index in [-0.39, 0.29) is 17.6 Å². The Labute approximate surface area is 215 Å². The average Bonchev–Trinajstić information content (AvgIpc) is 3.63. The number of thiophene rings is 1. The molecule has 0 spiro atoms. The zero-order chi connectivity index (χ0) is 25.4. The molecule has 1 aliphatic carbocycles. The molecule has 5 nitrogen and oxygen atoms in total. The average molecular weight is 502 g/mol. The Morgan fingerprint density at radius 1 is 0.917 bits per heavy atom. The normalized spacial score (nSPS) is 24.2. The van der Waals surface area contributed by atoms with E-state index in [0.29, 0.717) is 5.56 Å². The largest absolute Gasteiger partial charge is 0.480 e. The second-order valence-electron chi connectivity index (χ2n) is 10.2. The van der Waals surface area contributed by atoms with E-state index in [2.05, 4.69) is 0 Å². The molecule has 2 fully saturated rings. The molecule has 2 heterocycles. The van der Waals surface area contributed by atoms with Gasteiger partial charge in [0, 0.05) is 22.3 Å². The first-order valence-electron chi connectivity index (χ1n) is 12.6. The predicted molar refractivity (Wildman–Crippen MR) is 140 cm³/mol. The maximum Gasteiger partial charge on any atom is 0.327 e. The van der Waals surface area contributed by atoms with Gasteiger partial charge in [-0.25, -0.2) is 4.79 Å². The summed E-state index contributed by atoms with van der Waals surface area (Å²) >= 11 is 1.45. The van der Waals surface area contributed by atoms with Crippen molar-refractivity contribution in [3.63, 3.8) is 0 Å². The van der Waals surface area contributed by atoms with Gasteiger partial charge in [0.1, 0.15) is 6.04 Å². The standard InChI is InChI=1S/C30H31NO4S/c1-18-12-14-20(15-13-18)28(32)25-24(23-11-6-16-36-23)27(30(34)35)31(29(33)21-8-3-4-9-21)26(25)22-10-5-7-19(2)17-22/h5-7,10-17,21,24-27H,3-4,8-9H2,1-2H3,(H,34,35). The lowest BCUT2D eigenvalue weighted by molar-refractivity contribution is -0.152. The molecule has 0 radical (unpaired) electrons. The van der Waals surface area contributed by atoms with Crippen LogP contribution in [0.4, 0.5) is 0 Å². The van der Waals surface area contributed by atoms with E-state index in [9.17, 15) is 19.5 Å². The van der Waals surface area contributed by atoms with Gasteiger partial charge in [0.05, 0.1) is 12.0 Å². The molecule has 2 aliphatic rings. The molecule has 4 atom stereocenters. The van der Waals surface area contributed by atoms with Crippen molar-refractivity contribution in [1.29, 1.82) is 0 Å². The monoisotopic (exact) mass is 501 g/mol. The molecule has 36 heavy (non-hydrogen) atoms. The van der Waals surface area contributed by atoms with Crippen LogP contribution in [0.15, 0.2) is 66.0 Å². The van der Waals surface area contributed by atoms with Crippen molar-refractivity contribution >= 4 is 29.0 Å². The Hall–Kier alpha value is -3.25. The van der Waals surface area contributed by atoms with Crippen LogP contribution in [-0.4, -0.2) is 33.7 Å². The lowest BCUT2D eigenvalue weighted by Gasteiger charge is -2.32. The summed E-state index contributed by atoms with van der Waals surface area (Å²) in [6.07, 6.45) is 3.47. The Morgan fingerprint density at radius 3 is 2.25 bits per heavy atom. The van der Waals surface area contributed by atoms with Gasteiger partial charge in [0.15, 0.2) is 5.78 Å². The number of carboxylic acids is 1. The number of rotatable bonds is 6. The molecule has 3 aromatic rings. The van der Waals surface area contributed by atoms with Crippen LogP contribution < -0.4 is 0 Å². The van der Waals surface area contributed by atoms with Crippen molar-refractivity contribution < 1.29 is 19.5 Å². The van der Waals surface area contributed by atoms with Gasteiger partial charge in [0.25, 0.3) is 0 Å². The molecule has 1 saturated carbocycles. The Morgan fingerprint density at radius 2 is 1.64 bits per heavy atom. The fraction of sp³-hybridized carbons (Fsp3) is 0.367. The van der Waals surface area contributed by atoms with Crippen molar-refractivity contribution in [2.45, 2.75) is 57.5 Å². The number of ketones is 1. The smallest absolute Gasteiger partial charge is 0.327 e. The highest BCUT2D eigenvalue weighted by Crippen LogP contribution is 2.53. The van der Waals surface area contributed by atoms with Gasteiger partial charge in [-0.05, 0) is 43.7 Å². The molecule has 1 N–H and O–H groups in total. The second kappa shape index (κ2) is 10.0. The number of amides is 1. The summed E-state index contributed by atoms with van der Waals surface area (Å²) in [6, 6.07) is 17.3. The molecule has 5 rings (SSSR count). The second-order valence-corrected chi connectivity index (χ2v) is 11.1. The van der Waals surface area contributed by atoms with Crippen molar-refractivity contribution in [2.24, 2.45) is 11.8 Å². The first-order valence-corrected chi connectivity index (χ1v) is 13.5. The van der Waals surface area contributed by atoms with Crippen LogP contribution in [0.3, 0.4) is 0 Å². The first kappa shape index (κ1) is 24.4. The third-order valence-corrected chi connectivity index (χ3v) is 8.75. The van der Waals surface area contributed by atoms with Gasteiger partial charge >= 0.3 is 5.97 Å². The van der Waals surface area contributed by atoms with Crippen molar-refractivity contribution in [3.05, 3.63) is 93.2 Å². The molecule has 1 saturated heterocycles. The first-order chi connectivity index (χ1) is 17.4. The summed E-state index contributed by atoms with van der Waals surface area (Å²) in [4.78, 5) is 43.6. The topological polar surface area (TPSA) is 74.7 Å². The Balaban J connectivity index is 1.72. The van der Waals surface area contributed by atoms with Crippen LogP contribution >= 0.6 is 11.3 Å². The molecular formula is C30H31NO4S. The Kier molecular flexibility index (Phi) is 6.80. The maximum absolute atomic E-state index is 14.3. The minimum atomic E-state index is -1.11. The number of benzene rings is 2. The van der Waals surface area contributed by atoms with Gasteiger partial charge in [-0.1, -0.05) is 78.6 Å². The number of carbonyl (C=O) groups is 3. The van der Waals surface area contributed by atoms with Gasteiger partial charge < -0.3 is 10.0 Å². The van der Waals surface area contributed by atoms with E-state index in [1.807, 2.05) is 79.9 Å². The quantitative estimate of drug-likeness (QED) is 0.410. The van der Waals surface area contributed by atoms with Crippen molar-refractivity contribution in [1.82, 2.24) is 4.90 Å². The SMILES string of the molecule is Cc1ccc(C(=O)C2C(c3cccs3)C(C(=O)O)N(C(=O)C3CCCC3)C2c2cccc(C)c2)cc1. The third-order valence-electron chi connectivity index (χ3n) is 7.77. The zero-order valence-electron chi connectivity index (χ0n) is 20.6. The number of carboxylic acid groups (broad SMARTS) is 1. The van der Waals surface area contributed by atoms with Crippen LogP contribution in [-0.2, 0) is 9.59 Å². The van der Waals surface area contributed by atoms with E-state index < -0.39 is 29.9 Å². The molecule has 186 valence electrons. The lowest BCUT2D eigenvalue weighted by atomic mass is 9.78. The van der Waals surface area contributed by atoms with Crippen LogP contribution in [0, 0.1) is 25.7 Å².